The van der Waals surface area contributed by atoms with E-state index in [1.165, 1.54) is 5.69 Å². The molecule has 0 aliphatic carbocycles. The standard InChI is InChI=1S/C40H34N2O5/c1-3-39(43)46-37-21-9-31(10-22-37)29-5-13-34(14-6-29)42(36-19-17-33(18-20-36)41-25-27-45-28-26-41)35-15-7-30(8-16-35)32-11-23-38(24-12-32)47-40(44)4-2/h3-24H,1-2,25-28H2. The fraction of sp³-hybridized carbons (Fsp3) is 0.100. The van der Waals surface area contributed by atoms with Crippen molar-refractivity contribution in [1.82, 2.24) is 0 Å². The first-order chi connectivity index (χ1) is 23.0. The molecule has 1 aliphatic heterocycles. The molecule has 0 N–H and O–H groups in total. The molecule has 0 atom stereocenters. The van der Waals surface area contributed by atoms with E-state index in [2.05, 4.69) is 95.8 Å². The number of rotatable bonds is 10. The van der Waals surface area contributed by atoms with Gasteiger partial charge in [-0.15, -0.1) is 0 Å². The van der Waals surface area contributed by atoms with Crippen LogP contribution in [-0.4, -0.2) is 38.2 Å². The second-order valence-electron chi connectivity index (χ2n) is 10.8. The zero-order valence-corrected chi connectivity index (χ0v) is 25.9. The normalized spacial score (nSPS) is 12.6. The van der Waals surface area contributed by atoms with Crippen molar-refractivity contribution in [3.05, 3.63) is 147 Å². The van der Waals surface area contributed by atoms with E-state index < -0.39 is 11.9 Å². The number of ether oxygens (including phenoxy) is 3. The lowest BCUT2D eigenvalue weighted by atomic mass is 10.0. The predicted octanol–water partition coefficient (Wildman–Crippen LogP) is 8.51. The highest BCUT2D eigenvalue weighted by atomic mass is 16.5. The number of carbonyl (C=O) groups is 2. The van der Waals surface area contributed by atoms with Crippen molar-refractivity contribution in [1.29, 1.82) is 0 Å². The van der Waals surface area contributed by atoms with Crippen molar-refractivity contribution in [3.63, 3.8) is 0 Å². The van der Waals surface area contributed by atoms with Crippen LogP contribution in [0.1, 0.15) is 0 Å². The fourth-order valence-electron chi connectivity index (χ4n) is 5.43. The average molecular weight is 623 g/mol. The average Bonchev–Trinajstić information content (AvgIpc) is 3.13. The van der Waals surface area contributed by atoms with Gasteiger partial charge in [-0.3, -0.25) is 0 Å². The van der Waals surface area contributed by atoms with E-state index in [-0.39, 0.29) is 0 Å². The molecule has 5 aromatic carbocycles. The Morgan fingerprint density at radius 1 is 0.553 bits per heavy atom. The van der Waals surface area contributed by atoms with Gasteiger partial charge in [0, 0.05) is 48.0 Å². The van der Waals surface area contributed by atoms with Gasteiger partial charge in [0.15, 0.2) is 0 Å². The van der Waals surface area contributed by atoms with E-state index in [1.807, 2.05) is 24.3 Å². The van der Waals surface area contributed by atoms with Gasteiger partial charge in [0.05, 0.1) is 13.2 Å². The van der Waals surface area contributed by atoms with Gasteiger partial charge < -0.3 is 24.0 Å². The lowest BCUT2D eigenvalue weighted by molar-refractivity contribution is -0.129. The maximum atomic E-state index is 11.5. The third kappa shape index (κ3) is 7.49. The predicted molar refractivity (Wildman–Crippen MR) is 187 cm³/mol. The SMILES string of the molecule is C=CC(=O)Oc1ccc(-c2ccc(N(c3ccc(-c4ccc(OC(=O)C=C)cc4)cc3)c3ccc(N4CCOCC4)cc3)cc2)cc1. The molecule has 5 aromatic rings. The van der Waals surface area contributed by atoms with Crippen molar-refractivity contribution in [2.75, 3.05) is 36.1 Å². The monoisotopic (exact) mass is 622 g/mol. The van der Waals surface area contributed by atoms with E-state index >= 15 is 0 Å². The molecule has 0 bridgehead atoms. The molecule has 0 unspecified atom stereocenters. The smallest absolute Gasteiger partial charge is 0.335 e. The zero-order valence-electron chi connectivity index (χ0n) is 25.9. The molecule has 0 radical (unpaired) electrons. The highest BCUT2D eigenvalue weighted by Gasteiger charge is 2.16. The molecule has 1 fully saturated rings. The molecule has 0 amide bonds. The Hall–Kier alpha value is -5.92. The van der Waals surface area contributed by atoms with E-state index in [9.17, 15) is 9.59 Å². The van der Waals surface area contributed by atoms with Crippen LogP contribution in [0, 0.1) is 0 Å². The molecule has 0 spiro atoms. The first-order valence-electron chi connectivity index (χ1n) is 15.3. The highest BCUT2D eigenvalue weighted by molar-refractivity contribution is 5.84. The van der Waals surface area contributed by atoms with Crippen LogP contribution < -0.4 is 19.3 Å². The van der Waals surface area contributed by atoms with Gasteiger partial charge >= 0.3 is 11.9 Å². The summed E-state index contributed by atoms with van der Waals surface area (Å²) in [5.41, 5.74) is 8.30. The van der Waals surface area contributed by atoms with Gasteiger partial charge in [-0.2, -0.15) is 0 Å². The molecular formula is C40H34N2O5. The minimum atomic E-state index is -0.488. The Morgan fingerprint density at radius 2 is 0.894 bits per heavy atom. The molecule has 234 valence electrons. The van der Waals surface area contributed by atoms with Crippen LogP contribution in [0.3, 0.4) is 0 Å². The number of carbonyl (C=O) groups excluding carboxylic acids is 2. The quantitative estimate of drug-likeness (QED) is 0.0879. The van der Waals surface area contributed by atoms with Gasteiger partial charge in [-0.25, -0.2) is 9.59 Å². The van der Waals surface area contributed by atoms with Crippen molar-refractivity contribution in [2.45, 2.75) is 0 Å². The summed E-state index contributed by atoms with van der Waals surface area (Å²) >= 11 is 0. The number of anilines is 4. The third-order valence-corrected chi connectivity index (χ3v) is 7.88. The fourth-order valence-corrected chi connectivity index (χ4v) is 5.43. The van der Waals surface area contributed by atoms with Crippen LogP contribution in [0.15, 0.2) is 147 Å². The third-order valence-electron chi connectivity index (χ3n) is 7.88. The number of hydrogen-bond donors (Lipinski definition) is 0. The molecular weight excluding hydrogens is 588 g/mol. The molecule has 0 aromatic heterocycles. The minimum Gasteiger partial charge on any atom is -0.423 e. The first kappa shape index (κ1) is 31.1. The summed E-state index contributed by atoms with van der Waals surface area (Å²) in [4.78, 5) is 27.7. The van der Waals surface area contributed by atoms with E-state index in [0.717, 1.165) is 77.8 Å². The maximum absolute atomic E-state index is 11.5. The maximum Gasteiger partial charge on any atom is 0.335 e. The summed E-state index contributed by atoms with van der Waals surface area (Å²) < 4.78 is 16.0. The molecule has 6 rings (SSSR count). The van der Waals surface area contributed by atoms with Crippen molar-refractivity contribution in [3.8, 4) is 33.8 Å². The number of esters is 2. The number of hydrogen-bond acceptors (Lipinski definition) is 7. The van der Waals surface area contributed by atoms with E-state index in [0.29, 0.717) is 11.5 Å². The molecule has 7 heteroatoms. The number of morpholine rings is 1. The zero-order chi connectivity index (χ0) is 32.6. The molecule has 7 nitrogen and oxygen atoms in total. The molecule has 47 heavy (non-hydrogen) atoms. The van der Waals surface area contributed by atoms with Crippen LogP contribution >= 0.6 is 0 Å². The second kappa shape index (κ2) is 14.5. The molecule has 1 heterocycles. The Kier molecular flexibility index (Phi) is 9.56. The minimum absolute atomic E-state index is 0.470. The highest BCUT2D eigenvalue weighted by Crippen LogP contribution is 2.38. The van der Waals surface area contributed by atoms with Gasteiger partial charge in [-0.1, -0.05) is 61.7 Å². The van der Waals surface area contributed by atoms with Crippen molar-refractivity contribution >= 4 is 34.7 Å². The topological polar surface area (TPSA) is 68.3 Å². The summed E-state index contributed by atoms with van der Waals surface area (Å²) in [6.07, 6.45) is 2.29. The van der Waals surface area contributed by atoms with Crippen LogP contribution in [0.5, 0.6) is 11.5 Å². The second-order valence-corrected chi connectivity index (χ2v) is 10.8. The Labute approximate surface area is 274 Å². The molecule has 0 saturated carbocycles. The van der Waals surface area contributed by atoms with Crippen LogP contribution in [-0.2, 0) is 14.3 Å². The van der Waals surface area contributed by atoms with Crippen molar-refractivity contribution in [2.24, 2.45) is 0 Å². The summed E-state index contributed by atoms with van der Waals surface area (Å²) in [6, 6.07) is 40.2. The lowest BCUT2D eigenvalue weighted by Gasteiger charge is -2.30. The van der Waals surface area contributed by atoms with Gasteiger partial charge in [0.2, 0.25) is 0 Å². The largest absolute Gasteiger partial charge is 0.423 e. The first-order valence-corrected chi connectivity index (χ1v) is 15.3. The van der Waals surface area contributed by atoms with E-state index in [4.69, 9.17) is 14.2 Å². The summed E-state index contributed by atoms with van der Waals surface area (Å²) in [5, 5.41) is 0. The van der Waals surface area contributed by atoms with Crippen molar-refractivity contribution < 1.29 is 23.8 Å². The summed E-state index contributed by atoms with van der Waals surface area (Å²) in [7, 11) is 0. The Bertz CT molecular complexity index is 1730. The van der Waals surface area contributed by atoms with Crippen LogP contribution in [0.2, 0.25) is 0 Å². The number of benzene rings is 5. The van der Waals surface area contributed by atoms with E-state index in [1.54, 1.807) is 24.3 Å². The van der Waals surface area contributed by atoms with Gasteiger partial charge in [0.1, 0.15) is 11.5 Å². The summed E-state index contributed by atoms with van der Waals surface area (Å²) in [6.45, 7) is 10.1. The van der Waals surface area contributed by atoms with Gasteiger partial charge in [-0.05, 0) is 95.1 Å². The number of nitrogens with zero attached hydrogens (tertiary/aromatic N) is 2. The summed E-state index contributed by atoms with van der Waals surface area (Å²) in [5.74, 6) is -0.0368. The molecule has 1 saturated heterocycles. The Balaban J connectivity index is 1.28. The van der Waals surface area contributed by atoms with Crippen LogP contribution in [0.4, 0.5) is 22.7 Å². The van der Waals surface area contributed by atoms with Gasteiger partial charge in [0.25, 0.3) is 0 Å². The Morgan fingerprint density at radius 3 is 1.26 bits per heavy atom. The molecule has 1 aliphatic rings. The lowest BCUT2D eigenvalue weighted by Crippen LogP contribution is -2.36. The van der Waals surface area contributed by atoms with Crippen LogP contribution in [0.25, 0.3) is 22.3 Å².